The highest BCUT2D eigenvalue weighted by Crippen LogP contribution is 2.12. The zero-order chi connectivity index (χ0) is 29.2. The van der Waals surface area contributed by atoms with Crippen molar-refractivity contribution in [2.75, 3.05) is 65.7 Å². The van der Waals surface area contributed by atoms with Crippen molar-refractivity contribution < 1.29 is 20.4 Å². The molecule has 0 aliphatic carbocycles. The average Bonchev–Trinajstić information content (AvgIpc) is 2.96. The molecule has 0 saturated carbocycles. The number of nitrogens with zero attached hydrogens (tertiary/aromatic N) is 2. The first kappa shape index (κ1) is 39.8. The van der Waals surface area contributed by atoms with E-state index < -0.39 is 0 Å². The van der Waals surface area contributed by atoms with Gasteiger partial charge in [-0.25, -0.2) is 0 Å². The van der Waals surface area contributed by atoms with E-state index in [-0.39, 0.29) is 0 Å². The Bertz CT molecular complexity index is 380. The van der Waals surface area contributed by atoms with E-state index in [0.29, 0.717) is 26.4 Å². The first-order valence-electron chi connectivity index (χ1n) is 17.7. The number of hydrogen-bond donors (Lipinski definition) is 4. The van der Waals surface area contributed by atoms with E-state index in [1.54, 1.807) is 0 Å². The predicted molar refractivity (Wildman–Crippen MR) is 172 cm³/mol. The predicted octanol–water partition coefficient (Wildman–Crippen LogP) is 6.92. The smallest absolute Gasteiger partial charge is 0.0431 e. The normalized spacial score (nSPS) is 11.8. The van der Waals surface area contributed by atoms with E-state index in [0.717, 1.165) is 51.4 Å². The van der Waals surface area contributed by atoms with Crippen molar-refractivity contribution in [3.05, 3.63) is 0 Å². The molecule has 0 bridgehead atoms. The Morgan fingerprint density at radius 1 is 0.200 bits per heavy atom. The molecule has 242 valence electrons. The lowest BCUT2D eigenvalue weighted by Gasteiger charge is -2.28. The van der Waals surface area contributed by atoms with Gasteiger partial charge in [-0.15, -0.1) is 0 Å². The minimum Gasteiger partial charge on any atom is -0.396 e. The van der Waals surface area contributed by atoms with Gasteiger partial charge in [0.15, 0.2) is 0 Å². The fourth-order valence-corrected chi connectivity index (χ4v) is 5.57. The van der Waals surface area contributed by atoms with E-state index in [1.807, 2.05) is 0 Å². The van der Waals surface area contributed by atoms with Crippen molar-refractivity contribution in [2.24, 2.45) is 0 Å². The van der Waals surface area contributed by atoms with Crippen LogP contribution in [0, 0.1) is 0 Å². The molecule has 0 spiro atoms. The maximum atomic E-state index is 8.99. The molecule has 6 heteroatoms. The van der Waals surface area contributed by atoms with Crippen molar-refractivity contribution in [3.8, 4) is 0 Å². The number of hydrogen-bond acceptors (Lipinski definition) is 6. The molecule has 0 aromatic rings. The highest BCUT2D eigenvalue weighted by Gasteiger charge is 2.10. The molecule has 40 heavy (non-hydrogen) atoms. The molecule has 0 aliphatic rings. The van der Waals surface area contributed by atoms with Gasteiger partial charge in [0.05, 0.1) is 0 Å². The van der Waals surface area contributed by atoms with Gasteiger partial charge >= 0.3 is 0 Å². The summed E-state index contributed by atoms with van der Waals surface area (Å²) in [7, 11) is 0. The molecule has 0 heterocycles. The SMILES string of the molecule is OCCCCCCCCN(CCCCCCCCO)CCN(CCCCCCCCO)CCCCCCCCO. The molecule has 0 saturated heterocycles. The molecular weight excluding hydrogens is 500 g/mol. The summed E-state index contributed by atoms with van der Waals surface area (Å²) in [5, 5.41) is 36.0. The fourth-order valence-electron chi connectivity index (χ4n) is 5.57. The van der Waals surface area contributed by atoms with Crippen LogP contribution in [0.1, 0.15) is 154 Å². The van der Waals surface area contributed by atoms with Gasteiger partial charge in [0.1, 0.15) is 0 Å². The second-order valence-corrected chi connectivity index (χ2v) is 12.1. The van der Waals surface area contributed by atoms with E-state index in [4.69, 9.17) is 20.4 Å². The third kappa shape index (κ3) is 30.7. The Morgan fingerprint density at radius 2 is 0.375 bits per heavy atom. The van der Waals surface area contributed by atoms with Crippen LogP contribution in [0.15, 0.2) is 0 Å². The molecule has 4 N–H and O–H groups in total. The molecule has 0 radical (unpaired) electrons. The number of unbranched alkanes of at least 4 members (excludes halogenated alkanes) is 20. The molecule has 0 aromatic heterocycles. The van der Waals surface area contributed by atoms with Gasteiger partial charge in [-0.2, -0.15) is 0 Å². The highest BCUT2D eigenvalue weighted by molar-refractivity contribution is 4.66. The molecule has 0 aliphatic heterocycles. The molecule has 0 atom stereocenters. The largest absolute Gasteiger partial charge is 0.396 e. The fraction of sp³-hybridized carbons (Fsp3) is 1.00. The van der Waals surface area contributed by atoms with Crippen LogP contribution in [-0.4, -0.2) is 95.9 Å². The van der Waals surface area contributed by atoms with Crippen molar-refractivity contribution in [3.63, 3.8) is 0 Å². The summed E-state index contributed by atoms with van der Waals surface area (Å²) in [5.74, 6) is 0. The molecule has 0 unspecified atom stereocenters. The molecule has 0 aromatic carbocycles. The Hall–Kier alpha value is -0.240. The monoisotopic (exact) mass is 573 g/mol. The van der Waals surface area contributed by atoms with Crippen LogP contribution in [-0.2, 0) is 0 Å². The number of rotatable bonds is 35. The van der Waals surface area contributed by atoms with Crippen molar-refractivity contribution in [2.45, 2.75) is 154 Å². The van der Waals surface area contributed by atoms with Crippen LogP contribution in [0.3, 0.4) is 0 Å². The summed E-state index contributed by atoms with van der Waals surface area (Å²) < 4.78 is 0. The van der Waals surface area contributed by atoms with Gasteiger partial charge in [0.25, 0.3) is 0 Å². The average molecular weight is 573 g/mol. The Labute approximate surface area is 249 Å². The molecule has 6 nitrogen and oxygen atoms in total. The van der Waals surface area contributed by atoms with Crippen LogP contribution >= 0.6 is 0 Å². The number of aliphatic hydroxyl groups excluding tert-OH is 4. The lowest BCUT2D eigenvalue weighted by molar-refractivity contribution is 0.192. The Morgan fingerprint density at radius 3 is 0.575 bits per heavy atom. The van der Waals surface area contributed by atoms with E-state index >= 15 is 0 Å². The first-order valence-corrected chi connectivity index (χ1v) is 17.7. The molecular formula is C34H72N2O4. The van der Waals surface area contributed by atoms with Crippen LogP contribution in [0.5, 0.6) is 0 Å². The van der Waals surface area contributed by atoms with Crippen LogP contribution in [0.25, 0.3) is 0 Å². The molecule has 0 fully saturated rings. The van der Waals surface area contributed by atoms with Gasteiger partial charge in [0, 0.05) is 39.5 Å². The van der Waals surface area contributed by atoms with Gasteiger partial charge in [0.2, 0.25) is 0 Å². The third-order valence-electron chi connectivity index (χ3n) is 8.26. The summed E-state index contributed by atoms with van der Waals surface area (Å²) in [4.78, 5) is 5.47. The Balaban J connectivity index is 4.56. The third-order valence-corrected chi connectivity index (χ3v) is 8.26. The zero-order valence-corrected chi connectivity index (χ0v) is 26.7. The second-order valence-electron chi connectivity index (χ2n) is 12.1. The standard InChI is InChI=1S/C34H72N2O4/c37-31-21-13-5-1-9-17-25-35(26-18-10-2-6-14-22-32-38)29-30-36(27-19-11-3-7-15-23-33-39)28-20-12-4-8-16-24-34-40/h37-40H,1-34H2. The summed E-state index contributed by atoms with van der Waals surface area (Å²) in [6.45, 7) is 8.55. The van der Waals surface area contributed by atoms with Gasteiger partial charge in [-0.3, -0.25) is 0 Å². The minimum absolute atomic E-state index is 0.331. The first-order chi connectivity index (χ1) is 19.8. The summed E-state index contributed by atoms with van der Waals surface area (Å²) in [6, 6.07) is 0. The number of aliphatic hydroxyl groups is 4. The minimum atomic E-state index is 0.331. The van der Waals surface area contributed by atoms with Gasteiger partial charge in [-0.1, -0.05) is 103 Å². The summed E-state index contributed by atoms with van der Waals surface area (Å²) >= 11 is 0. The van der Waals surface area contributed by atoms with Gasteiger partial charge in [-0.05, 0) is 77.5 Å². The lowest BCUT2D eigenvalue weighted by Crippen LogP contribution is -2.37. The van der Waals surface area contributed by atoms with Crippen LogP contribution in [0.4, 0.5) is 0 Å². The van der Waals surface area contributed by atoms with Crippen molar-refractivity contribution in [1.82, 2.24) is 9.80 Å². The van der Waals surface area contributed by atoms with Crippen LogP contribution < -0.4 is 0 Å². The van der Waals surface area contributed by atoms with E-state index in [1.165, 1.54) is 142 Å². The van der Waals surface area contributed by atoms with E-state index in [2.05, 4.69) is 9.80 Å². The lowest BCUT2D eigenvalue weighted by atomic mass is 10.1. The highest BCUT2D eigenvalue weighted by atomic mass is 16.3. The van der Waals surface area contributed by atoms with Crippen molar-refractivity contribution in [1.29, 1.82) is 0 Å². The van der Waals surface area contributed by atoms with E-state index in [9.17, 15) is 0 Å². The molecule has 0 rings (SSSR count). The zero-order valence-electron chi connectivity index (χ0n) is 26.7. The Kier molecular flexibility index (Phi) is 34.7. The second kappa shape index (κ2) is 35.0. The summed E-state index contributed by atoms with van der Waals surface area (Å²) in [5.41, 5.74) is 0. The molecule has 0 amide bonds. The van der Waals surface area contributed by atoms with Crippen LogP contribution in [0.2, 0.25) is 0 Å². The topological polar surface area (TPSA) is 87.4 Å². The maximum absolute atomic E-state index is 8.99. The van der Waals surface area contributed by atoms with Gasteiger partial charge < -0.3 is 30.2 Å². The maximum Gasteiger partial charge on any atom is 0.0431 e. The quantitative estimate of drug-likeness (QED) is 0.0617. The van der Waals surface area contributed by atoms with Crippen molar-refractivity contribution >= 4 is 0 Å². The summed E-state index contributed by atoms with van der Waals surface area (Å²) in [6.07, 6.45) is 29.0.